The molecule has 0 amide bonds. The zero-order chi connectivity index (χ0) is 23.8. The first-order chi connectivity index (χ1) is 17.8. The summed E-state index contributed by atoms with van der Waals surface area (Å²) in [6, 6.07) is 31.8. The Morgan fingerprint density at radius 1 is 0.472 bits per heavy atom. The fourth-order valence-corrected chi connectivity index (χ4v) is 5.61. The van der Waals surface area contributed by atoms with Crippen molar-refractivity contribution in [1.82, 2.24) is 0 Å². The highest BCUT2D eigenvalue weighted by Crippen LogP contribution is 2.48. The van der Waals surface area contributed by atoms with Gasteiger partial charge < -0.3 is 13.7 Å². The van der Waals surface area contributed by atoms with Gasteiger partial charge >= 0.3 is 0 Å². The number of halogens is 1. The first-order valence-corrected chi connectivity index (χ1v) is 11.9. The Morgan fingerprint density at radius 3 is 1.67 bits per heavy atom. The molecule has 0 unspecified atom stereocenters. The highest BCUT2D eigenvalue weighted by Gasteiger charge is 2.24. The molecule has 4 heteroatoms. The van der Waals surface area contributed by atoms with E-state index in [1.165, 1.54) is 0 Å². The molecule has 0 fully saturated rings. The van der Waals surface area contributed by atoms with Gasteiger partial charge in [-0.1, -0.05) is 60.7 Å². The van der Waals surface area contributed by atoms with Crippen molar-refractivity contribution in [2.24, 2.45) is 0 Å². The molecule has 2 heterocycles. The summed E-state index contributed by atoms with van der Waals surface area (Å²) in [5.74, 6) is -0.208. The molecule has 36 heavy (non-hydrogen) atoms. The molecule has 170 valence electrons. The Morgan fingerprint density at radius 2 is 1.00 bits per heavy atom. The van der Waals surface area contributed by atoms with E-state index in [0.717, 1.165) is 65.9 Å². The van der Waals surface area contributed by atoms with Crippen LogP contribution in [0.1, 0.15) is 0 Å². The molecule has 6 aromatic carbocycles. The Hall–Kier alpha value is -4.83. The summed E-state index contributed by atoms with van der Waals surface area (Å²) in [6.45, 7) is 0. The number of rotatable bonds is 3. The van der Waals surface area contributed by atoms with E-state index in [-0.39, 0.29) is 5.82 Å². The van der Waals surface area contributed by atoms with E-state index in [1.807, 2.05) is 54.6 Å². The summed E-state index contributed by atoms with van der Waals surface area (Å²) in [4.78, 5) is 2.19. The fraction of sp³-hybridized carbons (Fsp3) is 0. The molecule has 0 aliphatic carbocycles. The summed E-state index contributed by atoms with van der Waals surface area (Å²) in [6.07, 6.45) is 3.59. The molecule has 0 aliphatic heterocycles. The monoisotopic (exact) mass is 467 g/mol. The lowest BCUT2D eigenvalue weighted by Gasteiger charge is -2.25. The molecule has 0 radical (unpaired) electrons. The van der Waals surface area contributed by atoms with Gasteiger partial charge in [-0.25, -0.2) is 4.39 Å². The largest absolute Gasteiger partial charge is 0.462 e. The van der Waals surface area contributed by atoms with Gasteiger partial charge in [0.25, 0.3) is 0 Å². The van der Waals surface area contributed by atoms with Crippen molar-refractivity contribution in [1.29, 1.82) is 0 Å². The Balaban J connectivity index is 1.52. The molecule has 0 N–H and O–H groups in total. The van der Waals surface area contributed by atoms with Crippen molar-refractivity contribution in [3.63, 3.8) is 0 Å². The van der Waals surface area contributed by atoms with E-state index in [1.54, 1.807) is 18.6 Å². The maximum Gasteiger partial charge on any atom is 0.136 e. The molecule has 0 bridgehead atoms. The van der Waals surface area contributed by atoms with E-state index < -0.39 is 0 Å². The maximum absolute atomic E-state index is 14.8. The normalized spacial score (nSPS) is 12.0. The standard InChI is InChI=1S/C32H18FNO2/c33-25-15-11-19-10-14-24-26(16-12-20-9-13-21(25)31(19)32(20)24)34(27-17-35-29-7-3-1-5-22(27)29)28-18-36-30-8-4-2-6-23(28)30/h1-18H. The number of benzene rings is 6. The minimum atomic E-state index is -0.208. The second-order valence-corrected chi connectivity index (χ2v) is 9.12. The quantitative estimate of drug-likeness (QED) is 0.242. The van der Waals surface area contributed by atoms with E-state index in [2.05, 4.69) is 41.3 Å². The third kappa shape index (κ3) is 2.56. The van der Waals surface area contributed by atoms with Gasteiger partial charge in [0.2, 0.25) is 0 Å². The average Bonchev–Trinajstić information content (AvgIpc) is 3.54. The molecule has 3 nitrogen and oxygen atoms in total. The lowest BCUT2D eigenvalue weighted by Crippen LogP contribution is -2.09. The third-order valence-electron chi connectivity index (χ3n) is 7.23. The molecule has 0 atom stereocenters. The average molecular weight is 467 g/mol. The van der Waals surface area contributed by atoms with Crippen LogP contribution in [0.2, 0.25) is 0 Å². The fourth-order valence-electron chi connectivity index (χ4n) is 5.61. The van der Waals surface area contributed by atoms with E-state index in [4.69, 9.17) is 8.83 Å². The smallest absolute Gasteiger partial charge is 0.136 e. The number of furan rings is 2. The predicted molar refractivity (Wildman–Crippen MR) is 144 cm³/mol. The first-order valence-electron chi connectivity index (χ1n) is 11.9. The molecule has 8 aromatic rings. The Bertz CT molecular complexity index is 2010. The summed E-state index contributed by atoms with van der Waals surface area (Å²) in [5.41, 5.74) is 4.42. The van der Waals surface area contributed by atoms with Crippen LogP contribution < -0.4 is 4.90 Å². The van der Waals surface area contributed by atoms with Crippen LogP contribution in [0.5, 0.6) is 0 Å². The number of para-hydroxylation sites is 2. The molecule has 0 saturated heterocycles. The third-order valence-corrected chi connectivity index (χ3v) is 7.23. The van der Waals surface area contributed by atoms with Crippen molar-refractivity contribution < 1.29 is 13.2 Å². The first kappa shape index (κ1) is 19.5. The summed E-state index contributed by atoms with van der Waals surface area (Å²) >= 11 is 0. The van der Waals surface area contributed by atoms with Crippen LogP contribution in [0.15, 0.2) is 118 Å². The van der Waals surface area contributed by atoms with Gasteiger partial charge in [-0.05, 0) is 52.6 Å². The van der Waals surface area contributed by atoms with Gasteiger partial charge in [0.05, 0.1) is 17.1 Å². The topological polar surface area (TPSA) is 29.5 Å². The second-order valence-electron chi connectivity index (χ2n) is 9.12. The van der Waals surface area contributed by atoms with Crippen molar-refractivity contribution in [2.75, 3.05) is 4.90 Å². The minimum absolute atomic E-state index is 0.208. The van der Waals surface area contributed by atoms with Gasteiger partial charge in [0.15, 0.2) is 0 Å². The maximum atomic E-state index is 14.8. The number of fused-ring (bicyclic) bond motifs is 2. The van der Waals surface area contributed by atoms with Crippen molar-refractivity contribution in [3.05, 3.63) is 115 Å². The number of anilines is 3. The van der Waals surface area contributed by atoms with Crippen LogP contribution in [-0.4, -0.2) is 0 Å². The summed E-state index contributed by atoms with van der Waals surface area (Å²) < 4.78 is 26.8. The minimum Gasteiger partial charge on any atom is -0.462 e. The predicted octanol–water partition coefficient (Wildman–Crippen LogP) is 9.69. The number of nitrogens with zero attached hydrogens (tertiary/aromatic N) is 1. The molecule has 2 aromatic heterocycles. The highest BCUT2D eigenvalue weighted by molar-refractivity contribution is 6.26. The van der Waals surface area contributed by atoms with Crippen LogP contribution in [0, 0.1) is 5.82 Å². The van der Waals surface area contributed by atoms with Gasteiger partial charge in [-0.15, -0.1) is 0 Å². The molecule has 0 aliphatic rings. The number of hydrogen-bond acceptors (Lipinski definition) is 3. The lowest BCUT2D eigenvalue weighted by atomic mass is 9.92. The zero-order valence-corrected chi connectivity index (χ0v) is 19.0. The van der Waals surface area contributed by atoms with Gasteiger partial charge in [-0.3, -0.25) is 0 Å². The highest BCUT2D eigenvalue weighted by atomic mass is 19.1. The molecule has 0 spiro atoms. The van der Waals surface area contributed by atoms with Crippen molar-refractivity contribution in [3.8, 4) is 0 Å². The SMILES string of the molecule is Fc1ccc2ccc3c(N(c4coc5ccccc45)c4coc5ccccc45)ccc4ccc1c2c43. The van der Waals surface area contributed by atoms with Crippen LogP contribution in [0.3, 0.4) is 0 Å². The Kier molecular flexibility index (Phi) is 3.84. The van der Waals surface area contributed by atoms with Gasteiger partial charge in [0, 0.05) is 26.9 Å². The van der Waals surface area contributed by atoms with Gasteiger partial charge in [-0.2, -0.15) is 0 Å². The van der Waals surface area contributed by atoms with Crippen LogP contribution in [-0.2, 0) is 0 Å². The van der Waals surface area contributed by atoms with E-state index in [9.17, 15) is 4.39 Å². The zero-order valence-electron chi connectivity index (χ0n) is 19.0. The van der Waals surface area contributed by atoms with Crippen LogP contribution in [0.25, 0.3) is 54.3 Å². The second kappa shape index (κ2) is 7.09. The summed E-state index contributed by atoms with van der Waals surface area (Å²) in [7, 11) is 0. The summed E-state index contributed by atoms with van der Waals surface area (Å²) in [5, 5.41) is 7.76. The van der Waals surface area contributed by atoms with Crippen LogP contribution >= 0.6 is 0 Å². The van der Waals surface area contributed by atoms with E-state index in [0.29, 0.717) is 5.39 Å². The molecule has 0 saturated carbocycles. The molecular formula is C32H18FNO2. The molecular weight excluding hydrogens is 449 g/mol. The van der Waals surface area contributed by atoms with Crippen LogP contribution in [0.4, 0.5) is 21.5 Å². The van der Waals surface area contributed by atoms with Crippen molar-refractivity contribution >= 4 is 71.3 Å². The van der Waals surface area contributed by atoms with E-state index >= 15 is 0 Å². The number of hydrogen-bond donors (Lipinski definition) is 0. The molecule has 8 rings (SSSR count). The Labute approximate surface area is 204 Å². The van der Waals surface area contributed by atoms with Crippen molar-refractivity contribution in [2.45, 2.75) is 0 Å². The van der Waals surface area contributed by atoms with Gasteiger partial charge in [0.1, 0.15) is 29.5 Å². The lowest BCUT2D eigenvalue weighted by molar-refractivity contribution is 0.613.